The summed E-state index contributed by atoms with van der Waals surface area (Å²) in [6.07, 6.45) is 1.05. The Morgan fingerprint density at radius 2 is 1.52 bits per heavy atom. The highest BCUT2D eigenvalue weighted by molar-refractivity contribution is 5.75. The Kier molecular flexibility index (Phi) is 9.53. The average Bonchev–Trinajstić information content (AvgIpc) is 2.73. The first-order valence-corrected chi connectivity index (χ1v) is 10.7. The molecule has 0 fully saturated rings. The predicted octanol–water partition coefficient (Wildman–Crippen LogP) is 4.23. The summed E-state index contributed by atoms with van der Waals surface area (Å²) in [5.41, 5.74) is 1.56. The van der Waals surface area contributed by atoms with Crippen LogP contribution in [0.4, 0.5) is 4.79 Å². The van der Waals surface area contributed by atoms with Gasteiger partial charge in [0.15, 0.2) is 0 Å². The van der Waals surface area contributed by atoms with E-state index in [0.29, 0.717) is 13.0 Å². The van der Waals surface area contributed by atoms with Crippen molar-refractivity contribution < 1.29 is 19.1 Å². The van der Waals surface area contributed by atoms with Crippen LogP contribution in [-0.2, 0) is 27.3 Å². The van der Waals surface area contributed by atoms with Gasteiger partial charge in [-0.05, 0) is 51.7 Å². The molecule has 0 spiro atoms. The number of nitrogens with one attached hydrogen (secondary N) is 2. The first-order chi connectivity index (χ1) is 14.7. The molecule has 2 atom stereocenters. The molecule has 2 rings (SSSR count). The highest BCUT2D eigenvalue weighted by Crippen LogP contribution is 2.09. The van der Waals surface area contributed by atoms with Gasteiger partial charge in [-0.1, -0.05) is 60.7 Å². The minimum atomic E-state index is -0.573. The van der Waals surface area contributed by atoms with Crippen LogP contribution < -0.4 is 10.6 Å². The van der Waals surface area contributed by atoms with Crippen LogP contribution in [0.3, 0.4) is 0 Å². The second kappa shape index (κ2) is 12.1. The second-order valence-electron chi connectivity index (χ2n) is 8.59. The molecule has 0 heterocycles. The zero-order valence-corrected chi connectivity index (χ0v) is 18.9. The Morgan fingerprint density at radius 3 is 2.10 bits per heavy atom. The third-order valence-corrected chi connectivity index (χ3v) is 4.59. The van der Waals surface area contributed by atoms with E-state index in [9.17, 15) is 9.59 Å². The second-order valence-corrected chi connectivity index (χ2v) is 8.59. The number of hydrogen-bond acceptors (Lipinski definition) is 5. The van der Waals surface area contributed by atoms with Crippen molar-refractivity contribution >= 4 is 12.1 Å². The van der Waals surface area contributed by atoms with E-state index in [1.807, 2.05) is 69.3 Å². The fraction of sp³-hybridized carbons (Fsp3) is 0.440. The molecule has 0 radical (unpaired) electrons. The predicted molar refractivity (Wildman–Crippen MR) is 122 cm³/mol. The van der Waals surface area contributed by atoms with Crippen LogP contribution in [0, 0.1) is 0 Å². The van der Waals surface area contributed by atoms with Crippen molar-refractivity contribution in [2.75, 3.05) is 6.54 Å². The molecule has 0 aliphatic heterocycles. The van der Waals surface area contributed by atoms with Gasteiger partial charge >= 0.3 is 12.1 Å². The zero-order chi connectivity index (χ0) is 22.7. The van der Waals surface area contributed by atoms with Crippen LogP contribution in [0.25, 0.3) is 0 Å². The van der Waals surface area contributed by atoms with Gasteiger partial charge in [-0.3, -0.25) is 4.79 Å². The molecule has 2 aromatic carbocycles. The molecule has 0 aromatic heterocycles. The number of carbonyl (C=O) groups excluding carboxylic acids is 2. The summed E-state index contributed by atoms with van der Waals surface area (Å²) < 4.78 is 10.8. The Labute approximate surface area is 185 Å². The van der Waals surface area contributed by atoms with E-state index in [0.717, 1.165) is 12.0 Å². The van der Waals surface area contributed by atoms with Crippen LogP contribution in [0.5, 0.6) is 0 Å². The fourth-order valence-corrected chi connectivity index (χ4v) is 2.94. The Hall–Kier alpha value is -2.86. The van der Waals surface area contributed by atoms with Gasteiger partial charge in [0.2, 0.25) is 0 Å². The Bertz CT molecular complexity index is 803. The summed E-state index contributed by atoms with van der Waals surface area (Å²) in [4.78, 5) is 24.6. The maximum Gasteiger partial charge on any atom is 0.407 e. The lowest BCUT2D eigenvalue weighted by atomic mass is 10.0. The van der Waals surface area contributed by atoms with Gasteiger partial charge in [-0.2, -0.15) is 0 Å². The normalized spacial score (nSPS) is 13.2. The summed E-state index contributed by atoms with van der Waals surface area (Å²) in [5, 5.41) is 6.10. The monoisotopic (exact) mass is 426 g/mol. The number of hydrogen-bond donors (Lipinski definition) is 2. The van der Waals surface area contributed by atoms with E-state index in [1.54, 1.807) is 6.92 Å². The van der Waals surface area contributed by atoms with Crippen molar-refractivity contribution in [2.24, 2.45) is 0 Å². The molecule has 0 aliphatic rings. The molecule has 0 aliphatic carbocycles. The van der Waals surface area contributed by atoms with Gasteiger partial charge in [0.1, 0.15) is 18.2 Å². The topological polar surface area (TPSA) is 76.7 Å². The lowest BCUT2D eigenvalue weighted by Gasteiger charge is -2.25. The fourth-order valence-electron chi connectivity index (χ4n) is 2.94. The van der Waals surface area contributed by atoms with Crippen molar-refractivity contribution in [3.8, 4) is 0 Å². The van der Waals surface area contributed by atoms with E-state index in [-0.39, 0.29) is 18.6 Å². The van der Waals surface area contributed by atoms with Gasteiger partial charge in [0.25, 0.3) is 0 Å². The summed E-state index contributed by atoms with van der Waals surface area (Å²) >= 11 is 0. The Balaban J connectivity index is 1.87. The van der Waals surface area contributed by atoms with Gasteiger partial charge in [0, 0.05) is 12.6 Å². The third kappa shape index (κ3) is 10.1. The molecule has 0 saturated carbocycles. The lowest BCUT2D eigenvalue weighted by molar-refractivity contribution is -0.147. The van der Waals surface area contributed by atoms with Gasteiger partial charge < -0.3 is 20.1 Å². The molecule has 0 saturated heterocycles. The molecule has 2 N–H and O–H groups in total. The molecule has 6 nitrogen and oxygen atoms in total. The summed E-state index contributed by atoms with van der Waals surface area (Å²) in [6.45, 7) is 7.90. The van der Waals surface area contributed by atoms with Gasteiger partial charge in [-0.25, -0.2) is 4.79 Å². The van der Waals surface area contributed by atoms with Crippen molar-refractivity contribution in [3.05, 3.63) is 71.8 Å². The van der Waals surface area contributed by atoms with Crippen LogP contribution >= 0.6 is 0 Å². The molecular weight excluding hydrogens is 392 g/mol. The molecule has 0 unspecified atom stereocenters. The maximum absolute atomic E-state index is 12.3. The minimum Gasteiger partial charge on any atom is -0.460 e. The van der Waals surface area contributed by atoms with Crippen molar-refractivity contribution in [1.29, 1.82) is 0 Å². The summed E-state index contributed by atoms with van der Waals surface area (Å²) in [7, 11) is 0. The number of esters is 1. The molecule has 2 aromatic rings. The SMILES string of the molecule is C[C@H](NC[C@@H](CCc1ccccc1)NC(=O)OC(C)(C)C)C(=O)OCc1ccccc1. The number of carbonyl (C=O) groups is 2. The van der Waals surface area contributed by atoms with Crippen LogP contribution in [0.2, 0.25) is 0 Å². The first kappa shape index (κ1) is 24.4. The average molecular weight is 427 g/mol. The highest BCUT2D eigenvalue weighted by atomic mass is 16.6. The zero-order valence-electron chi connectivity index (χ0n) is 18.9. The number of aryl methyl sites for hydroxylation is 1. The number of amides is 1. The van der Waals surface area contributed by atoms with Crippen LogP contribution in [0.15, 0.2) is 60.7 Å². The van der Waals surface area contributed by atoms with E-state index < -0.39 is 17.7 Å². The van der Waals surface area contributed by atoms with E-state index in [1.165, 1.54) is 5.56 Å². The highest BCUT2D eigenvalue weighted by Gasteiger charge is 2.21. The number of ether oxygens (including phenoxy) is 2. The van der Waals surface area contributed by atoms with Crippen molar-refractivity contribution in [1.82, 2.24) is 10.6 Å². The minimum absolute atomic E-state index is 0.195. The summed E-state index contributed by atoms with van der Waals surface area (Å²) in [6, 6.07) is 18.9. The third-order valence-electron chi connectivity index (χ3n) is 4.59. The molecule has 168 valence electrons. The van der Waals surface area contributed by atoms with Crippen LogP contribution in [-0.4, -0.2) is 36.3 Å². The van der Waals surface area contributed by atoms with Gasteiger partial charge in [0.05, 0.1) is 0 Å². The molecule has 6 heteroatoms. The largest absolute Gasteiger partial charge is 0.460 e. The molecule has 0 bridgehead atoms. The Morgan fingerprint density at radius 1 is 0.935 bits per heavy atom. The van der Waals surface area contributed by atoms with E-state index >= 15 is 0 Å². The first-order valence-electron chi connectivity index (χ1n) is 10.7. The quantitative estimate of drug-likeness (QED) is 0.556. The molecule has 1 amide bonds. The molecule has 31 heavy (non-hydrogen) atoms. The smallest absolute Gasteiger partial charge is 0.407 e. The standard InChI is InChI=1S/C25H34N2O4/c1-19(23(28)30-18-21-13-9-6-10-14-21)26-17-22(27-24(29)31-25(2,3)4)16-15-20-11-7-5-8-12-20/h5-14,19,22,26H,15-18H2,1-4H3,(H,27,29)/t19-,22+/m0/s1. The number of alkyl carbamates (subject to hydrolysis) is 1. The lowest BCUT2D eigenvalue weighted by Crippen LogP contribution is -2.48. The van der Waals surface area contributed by atoms with Crippen LogP contribution in [0.1, 0.15) is 45.2 Å². The van der Waals surface area contributed by atoms with Gasteiger partial charge in [-0.15, -0.1) is 0 Å². The van der Waals surface area contributed by atoms with Crippen molar-refractivity contribution in [3.63, 3.8) is 0 Å². The summed E-state index contributed by atoms with van der Waals surface area (Å²) in [5.74, 6) is -0.331. The van der Waals surface area contributed by atoms with E-state index in [2.05, 4.69) is 22.8 Å². The number of benzene rings is 2. The maximum atomic E-state index is 12.3. The molecular formula is C25H34N2O4. The number of rotatable bonds is 10. The van der Waals surface area contributed by atoms with E-state index in [4.69, 9.17) is 9.47 Å². The van der Waals surface area contributed by atoms with Crippen molar-refractivity contribution in [2.45, 2.75) is 64.8 Å².